The minimum Gasteiger partial charge on any atom is -0.389 e. The van der Waals surface area contributed by atoms with Gasteiger partial charge >= 0.3 is 0 Å². The molecule has 0 fully saturated rings. The van der Waals surface area contributed by atoms with Gasteiger partial charge in [-0.05, 0) is 40.2 Å². The van der Waals surface area contributed by atoms with E-state index in [1.165, 1.54) is 17.0 Å². The molecule has 0 aromatic heterocycles. The van der Waals surface area contributed by atoms with Crippen LogP contribution in [0.1, 0.15) is 15.9 Å². The highest BCUT2D eigenvalue weighted by molar-refractivity contribution is 9.10. The lowest BCUT2D eigenvalue weighted by molar-refractivity contribution is 0.0988. The van der Waals surface area contributed by atoms with Crippen molar-refractivity contribution in [3.8, 4) is 0 Å². The third-order valence-corrected chi connectivity index (χ3v) is 3.90. The molecule has 0 heterocycles. The van der Waals surface area contributed by atoms with Crippen LogP contribution in [0.3, 0.4) is 0 Å². The van der Waals surface area contributed by atoms with Crippen molar-refractivity contribution in [3.63, 3.8) is 0 Å². The molecule has 0 saturated heterocycles. The van der Waals surface area contributed by atoms with Crippen molar-refractivity contribution in [1.29, 1.82) is 0 Å². The molecule has 0 unspecified atom stereocenters. The van der Waals surface area contributed by atoms with Gasteiger partial charge in [0, 0.05) is 22.8 Å². The minimum absolute atomic E-state index is 0.0132. The summed E-state index contributed by atoms with van der Waals surface area (Å²) in [5, 5.41) is 0. The summed E-state index contributed by atoms with van der Waals surface area (Å²) in [6.07, 6.45) is 0. The van der Waals surface area contributed by atoms with Gasteiger partial charge in [-0.3, -0.25) is 4.79 Å². The maximum atomic E-state index is 13.9. The maximum absolute atomic E-state index is 13.9. The number of benzene rings is 2. The molecule has 0 bridgehead atoms. The maximum Gasteiger partial charge on any atom is 0.262 e. The molecule has 0 saturated carbocycles. The van der Waals surface area contributed by atoms with Gasteiger partial charge in [-0.1, -0.05) is 30.4 Å². The van der Waals surface area contributed by atoms with Crippen LogP contribution in [0, 0.1) is 5.82 Å². The number of carbonyl (C=O) groups excluding carboxylic acids is 1. The third kappa shape index (κ3) is 3.28. The molecule has 2 aromatic rings. The molecule has 0 atom stereocenters. The van der Waals surface area contributed by atoms with Gasteiger partial charge in [-0.15, -0.1) is 0 Å². The van der Waals surface area contributed by atoms with E-state index in [4.69, 9.17) is 18.0 Å². The van der Waals surface area contributed by atoms with Gasteiger partial charge in [0.25, 0.3) is 5.91 Å². The summed E-state index contributed by atoms with van der Waals surface area (Å²) in [7, 11) is 1.57. The first-order valence-electron chi connectivity index (χ1n) is 6.03. The molecule has 1 amide bonds. The van der Waals surface area contributed by atoms with Crippen LogP contribution in [-0.4, -0.2) is 17.9 Å². The molecular weight excluding hydrogens is 355 g/mol. The summed E-state index contributed by atoms with van der Waals surface area (Å²) >= 11 is 8.11. The van der Waals surface area contributed by atoms with Gasteiger partial charge in [-0.25, -0.2) is 4.39 Å². The molecule has 0 spiro atoms. The molecule has 6 heteroatoms. The highest BCUT2D eigenvalue weighted by Gasteiger charge is 2.20. The number of amides is 1. The second kappa shape index (κ2) is 6.32. The molecular formula is C15H12BrFN2OS. The van der Waals surface area contributed by atoms with Crippen LogP contribution >= 0.6 is 28.1 Å². The summed E-state index contributed by atoms with van der Waals surface area (Å²) in [5.41, 5.74) is 6.80. The van der Waals surface area contributed by atoms with Crippen LogP contribution in [0.15, 0.2) is 46.9 Å². The molecule has 2 N–H and O–H groups in total. The summed E-state index contributed by atoms with van der Waals surface area (Å²) < 4.78 is 14.3. The fourth-order valence-electron chi connectivity index (χ4n) is 1.85. The zero-order valence-electron chi connectivity index (χ0n) is 11.1. The van der Waals surface area contributed by atoms with Crippen LogP contribution < -0.4 is 10.6 Å². The third-order valence-electron chi connectivity index (χ3n) is 3.00. The molecule has 2 aromatic carbocycles. The Hall–Kier alpha value is -1.79. The summed E-state index contributed by atoms with van der Waals surface area (Å²) in [5.74, 6) is -1.04. The second-order valence-corrected chi connectivity index (χ2v) is 5.67. The number of thiocarbonyl (C=S) groups is 1. The first-order chi connectivity index (χ1) is 9.91. The zero-order valence-corrected chi connectivity index (χ0v) is 13.5. The molecule has 3 nitrogen and oxygen atoms in total. The molecule has 0 aliphatic rings. The SMILES string of the molecule is CN(C(=O)c1c(F)cccc1Br)c1cccc(C(N)=S)c1. The number of anilines is 1. The van der Waals surface area contributed by atoms with Gasteiger partial charge in [0.15, 0.2) is 0 Å². The second-order valence-electron chi connectivity index (χ2n) is 4.38. The van der Waals surface area contributed by atoms with Crippen molar-refractivity contribution in [2.75, 3.05) is 11.9 Å². The molecule has 0 aliphatic heterocycles. The van der Waals surface area contributed by atoms with Crippen LogP contribution in [0.25, 0.3) is 0 Å². The van der Waals surface area contributed by atoms with Gasteiger partial charge in [-0.2, -0.15) is 0 Å². The predicted octanol–water partition coefficient (Wildman–Crippen LogP) is 3.50. The van der Waals surface area contributed by atoms with Gasteiger partial charge in [0.2, 0.25) is 0 Å². The van der Waals surface area contributed by atoms with Crippen molar-refractivity contribution >= 4 is 44.7 Å². The highest BCUT2D eigenvalue weighted by Crippen LogP contribution is 2.24. The van der Waals surface area contributed by atoms with E-state index < -0.39 is 11.7 Å². The Kier molecular flexibility index (Phi) is 4.69. The van der Waals surface area contributed by atoms with E-state index in [2.05, 4.69) is 15.9 Å². The van der Waals surface area contributed by atoms with E-state index in [9.17, 15) is 9.18 Å². The lowest BCUT2D eigenvalue weighted by Gasteiger charge is -2.19. The van der Waals surface area contributed by atoms with Gasteiger partial charge in [0.1, 0.15) is 10.8 Å². The quantitative estimate of drug-likeness (QED) is 0.845. The number of hydrogen-bond donors (Lipinski definition) is 1. The lowest BCUT2D eigenvalue weighted by atomic mass is 10.1. The average Bonchev–Trinajstić information content (AvgIpc) is 2.46. The number of nitrogens with two attached hydrogens (primary N) is 1. The number of rotatable bonds is 3. The van der Waals surface area contributed by atoms with E-state index in [1.807, 2.05) is 0 Å². The molecule has 0 radical (unpaired) electrons. The Balaban J connectivity index is 2.40. The average molecular weight is 367 g/mol. The minimum atomic E-state index is -0.577. The largest absolute Gasteiger partial charge is 0.389 e. The highest BCUT2D eigenvalue weighted by atomic mass is 79.9. The van der Waals surface area contributed by atoms with Crippen molar-refractivity contribution in [2.24, 2.45) is 5.73 Å². The number of hydrogen-bond acceptors (Lipinski definition) is 2. The normalized spacial score (nSPS) is 10.2. The number of halogens is 2. The Bertz CT molecular complexity index is 700. The Morgan fingerprint density at radius 1 is 1.29 bits per heavy atom. The Labute approximate surface area is 135 Å². The van der Waals surface area contributed by atoms with Crippen LogP contribution in [0.2, 0.25) is 0 Å². The van der Waals surface area contributed by atoms with E-state index in [-0.39, 0.29) is 10.6 Å². The van der Waals surface area contributed by atoms with Gasteiger partial charge in [0.05, 0.1) is 5.56 Å². The smallest absolute Gasteiger partial charge is 0.262 e. The molecule has 21 heavy (non-hydrogen) atoms. The fourth-order valence-corrected chi connectivity index (χ4v) is 2.49. The fraction of sp³-hybridized carbons (Fsp3) is 0.0667. The lowest BCUT2D eigenvalue weighted by Crippen LogP contribution is -2.27. The first kappa shape index (κ1) is 15.6. The van der Waals surface area contributed by atoms with Crippen molar-refractivity contribution in [2.45, 2.75) is 0 Å². The standard InChI is InChI=1S/C15H12BrFN2OS/c1-19(10-5-2-4-9(8-10)14(18)21)15(20)13-11(16)6-3-7-12(13)17/h2-8H,1H3,(H2,18,21). The molecule has 2 rings (SSSR count). The zero-order chi connectivity index (χ0) is 15.6. The molecule has 108 valence electrons. The van der Waals surface area contributed by atoms with Gasteiger partial charge < -0.3 is 10.6 Å². The van der Waals surface area contributed by atoms with E-state index >= 15 is 0 Å². The van der Waals surface area contributed by atoms with E-state index in [0.29, 0.717) is 15.7 Å². The summed E-state index contributed by atoms with van der Waals surface area (Å²) in [6, 6.07) is 11.3. The predicted molar refractivity (Wildman–Crippen MR) is 89.2 cm³/mol. The van der Waals surface area contributed by atoms with Crippen LogP contribution in [0.4, 0.5) is 10.1 Å². The van der Waals surface area contributed by atoms with E-state index in [0.717, 1.165) is 0 Å². The number of carbonyl (C=O) groups is 1. The van der Waals surface area contributed by atoms with E-state index in [1.54, 1.807) is 37.4 Å². The molecule has 0 aliphatic carbocycles. The topological polar surface area (TPSA) is 46.3 Å². The van der Waals surface area contributed by atoms with Crippen LogP contribution in [0.5, 0.6) is 0 Å². The monoisotopic (exact) mass is 366 g/mol. The van der Waals surface area contributed by atoms with Crippen molar-refractivity contribution in [3.05, 3.63) is 63.9 Å². The van der Waals surface area contributed by atoms with Crippen molar-refractivity contribution < 1.29 is 9.18 Å². The summed E-state index contributed by atoms with van der Waals surface area (Å²) in [6.45, 7) is 0. The van der Waals surface area contributed by atoms with Crippen molar-refractivity contribution in [1.82, 2.24) is 0 Å². The first-order valence-corrected chi connectivity index (χ1v) is 7.24. The Morgan fingerprint density at radius 3 is 2.57 bits per heavy atom. The Morgan fingerprint density at radius 2 is 1.95 bits per heavy atom. The summed E-state index contributed by atoms with van der Waals surface area (Å²) in [4.78, 5) is 14.1. The number of nitrogens with zero attached hydrogens (tertiary/aromatic N) is 1. The van der Waals surface area contributed by atoms with Crippen LogP contribution in [-0.2, 0) is 0 Å².